The summed E-state index contributed by atoms with van der Waals surface area (Å²) in [6, 6.07) is 5.47. The molecule has 0 aliphatic carbocycles. The van der Waals surface area contributed by atoms with Crippen LogP contribution in [0.2, 0.25) is 5.02 Å². The van der Waals surface area contributed by atoms with Gasteiger partial charge in [0.25, 0.3) is 0 Å². The summed E-state index contributed by atoms with van der Waals surface area (Å²) < 4.78 is 5.40. The second-order valence-corrected chi connectivity index (χ2v) is 9.68. The SMILES string of the molecule is Cc1nnn(Cc2cc(Cl)ccc2C=CC(=O)N2CCN(CC(=O)OC(C)(C)C)CC2C)n1. The molecule has 0 N–H and O–H groups in total. The van der Waals surface area contributed by atoms with E-state index in [4.69, 9.17) is 16.3 Å². The minimum absolute atomic E-state index is 0.0228. The summed E-state index contributed by atoms with van der Waals surface area (Å²) in [4.78, 5) is 30.4. The van der Waals surface area contributed by atoms with Crippen molar-refractivity contribution >= 4 is 29.6 Å². The maximum atomic E-state index is 12.9. The third-order valence-corrected chi connectivity index (χ3v) is 5.38. The standard InChI is InChI=1S/C23H31ClN6O3/c1-16-13-28(15-22(32)33-23(3,4)5)10-11-29(16)21(31)9-7-18-6-8-20(24)12-19(18)14-30-26-17(2)25-27-30/h6-9,12,16H,10-11,13-15H2,1-5H3. The van der Waals surface area contributed by atoms with Gasteiger partial charge in [-0.2, -0.15) is 4.80 Å². The average Bonchev–Trinajstić information content (AvgIpc) is 3.10. The Morgan fingerprint density at radius 3 is 2.67 bits per heavy atom. The van der Waals surface area contributed by atoms with Crippen LogP contribution in [0, 0.1) is 6.92 Å². The zero-order valence-corrected chi connectivity index (χ0v) is 20.5. The summed E-state index contributed by atoms with van der Waals surface area (Å²) in [6.07, 6.45) is 3.37. The van der Waals surface area contributed by atoms with Gasteiger partial charge in [0.05, 0.1) is 13.1 Å². The fourth-order valence-corrected chi connectivity index (χ4v) is 3.93. The number of ether oxygens (including phenoxy) is 1. The van der Waals surface area contributed by atoms with Crippen LogP contribution in [0.5, 0.6) is 0 Å². The average molecular weight is 475 g/mol. The van der Waals surface area contributed by atoms with Crippen LogP contribution in [-0.4, -0.2) is 79.7 Å². The minimum Gasteiger partial charge on any atom is -0.459 e. The molecule has 2 heterocycles. The van der Waals surface area contributed by atoms with Crippen molar-refractivity contribution in [3.8, 4) is 0 Å². The van der Waals surface area contributed by atoms with Crippen molar-refractivity contribution in [1.29, 1.82) is 0 Å². The predicted molar refractivity (Wildman–Crippen MR) is 126 cm³/mol. The van der Waals surface area contributed by atoms with Gasteiger partial charge in [-0.3, -0.25) is 14.5 Å². The molecule has 178 valence electrons. The van der Waals surface area contributed by atoms with Gasteiger partial charge < -0.3 is 9.64 Å². The summed E-state index contributed by atoms with van der Waals surface area (Å²) in [7, 11) is 0. The Morgan fingerprint density at radius 2 is 2.03 bits per heavy atom. The highest BCUT2D eigenvalue weighted by atomic mass is 35.5. The van der Waals surface area contributed by atoms with Crippen LogP contribution in [0.15, 0.2) is 24.3 Å². The topological polar surface area (TPSA) is 93.5 Å². The first-order valence-electron chi connectivity index (χ1n) is 11.0. The number of hydrogen-bond donors (Lipinski definition) is 0. The number of carbonyl (C=O) groups excluding carboxylic acids is 2. The van der Waals surface area contributed by atoms with E-state index in [1.807, 2.05) is 49.6 Å². The molecule has 3 rings (SSSR count). The normalized spacial score (nSPS) is 17.5. The van der Waals surface area contributed by atoms with Gasteiger partial charge >= 0.3 is 5.97 Å². The molecule has 0 radical (unpaired) electrons. The quantitative estimate of drug-likeness (QED) is 0.469. The molecule has 1 unspecified atom stereocenters. The predicted octanol–water partition coefficient (Wildman–Crippen LogP) is 2.57. The van der Waals surface area contributed by atoms with Crippen LogP contribution in [0.3, 0.4) is 0 Å². The number of piperazine rings is 1. The fourth-order valence-electron chi connectivity index (χ4n) is 3.73. The van der Waals surface area contributed by atoms with Gasteiger partial charge in [-0.25, -0.2) is 0 Å². The molecule has 2 aromatic rings. The number of tetrazole rings is 1. The molecule has 0 spiro atoms. The van der Waals surface area contributed by atoms with E-state index in [2.05, 4.69) is 15.4 Å². The van der Waals surface area contributed by atoms with Crippen molar-refractivity contribution < 1.29 is 14.3 Å². The molecule has 9 nitrogen and oxygen atoms in total. The summed E-state index contributed by atoms with van der Waals surface area (Å²) in [5.41, 5.74) is 1.24. The number of halogens is 1. The molecule has 33 heavy (non-hydrogen) atoms. The number of nitrogens with zero attached hydrogens (tertiary/aromatic N) is 6. The van der Waals surface area contributed by atoms with E-state index >= 15 is 0 Å². The number of aromatic nitrogens is 4. The highest BCUT2D eigenvalue weighted by Crippen LogP contribution is 2.19. The van der Waals surface area contributed by atoms with Crippen molar-refractivity contribution in [2.45, 2.75) is 52.8 Å². The Kier molecular flexibility index (Phi) is 7.86. The number of hydrogen-bond acceptors (Lipinski definition) is 7. The summed E-state index contributed by atoms with van der Waals surface area (Å²) in [5.74, 6) is 0.265. The molecular weight excluding hydrogens is 444 g/mol. The zero-order valence-electron chi connectivity index (χ0n) is 19.8. The van der Waals surface area contributed by atoms with Crippen LogP contribution in [0.1, 0.15) is 44.6 Å². The summed E-state index contributed by atoms with van der Waals surface area (Å²) in [5, 5.41) is 12.7. The van der Waals surface area contributed by atoms with E-state index in [1.54, 1.807) is 25.1 Å². The Balaban J connectivity index is 1.61. The first-order chi connectivity index (χ1) is 15.5. The monoisotopic (exact) mass is 474 g/mol. The van der Waals surface area contributed by atoms with E-state index in [0.29, 0.717) is 37.0 Å². The Morgan fingerprint density at radius 1 is 1.27 bits per heavy atom. The highest BCUT2D eigenvalue weighted by molar-refractivity contribution is 6.30. The second-order valence-electron chi connectivity index (χ2n) is 9.25. The Labute approximate surface area is 199 Å². The molecule has 1 aromatic carbocycles. The minimum atomic E-state index is -0.505. The van der Waals surface area contributed by atoms with Gasteiger partial charge in [0.15, 0.2) is 5.82 Å². The van der Waals surface area contributed by atoms with Crippen LogP contribution in [0.25, 0.3) is 6.08 Å². The summed E-state index contributed by atoms with van der Waals surface area (Å²) >= 11 is 6.17. The molecule has 1 fully saturated rings. The van der Waals surface area contributed by atoms with Crippen molar-refractivity contribution in [3.05, 3.63) is 46.2 Å². The maximum absolute atomic E-state index is 12.9. The highest BCUT2D eigenvalue weighted by Gasteiger charge is 2.28. The van der Waals surface area contributed by atoms with Crippen molar-refractivity contribution in [1.82, 2.24) is 30.0 Å². The second kappa shape index (κ2) is 10.4. The molecule has 1 saturated heterocycles. The van der Waals surface area contributed by atoms with Gasteiger partial charge in [-0.15, -0.1) is 10.2 Å². The number of carbonyl (C=O) groups is 2. The Bertz CT molecular complexity index is 1030. The van der Waals surface area contributed by atoms with Crippen molar-refractivity contribution in [2.24, 2.45) is 0 Å². The smallest absolute Gasteiger partial charge is 0.320 e. The van der Waals surface area contributed by atoms with E-state index in [0.717, 1.165) is 11.1 Å². The van der Waals surface area contributed by atoms with Crippen molar-refractivity contribution in [2.75, 3.05) is 26.2 Å². The van der Waals surface area contributed by atoms with Crippen LogP contribution in [0.4, 0.5) is 0 Å². The van der Waals surface area contributed by atoms with Gasteiger partial charge in [-0.05, 0) is 69.2 Å². The first-order valence-corrected chi connectivity index (χ1v) is 11.3. The number of rotatable bonds is 6. The van der Waals surface area contributed by atoms with Crippen molar-refractivity contribution in [3.63, 3.8) is 0 Å². The van der Waals surface area contributed by atoms with Crippen LogP contribution in [-0.2, 0) is 20.9 Å². The van der Waals surface area contributed by atoms with E-state index in [-0.39, 0.29) is 24.5 Å². The first kappa shape index (κ1) is 24.9. The largest absolute Gasteiger partial charge is 0.459 e. The molecule has 10 heteroatoms. The summed E-state index contributed by atoms with van der Waals surface area (Å²) in [6.45, 7) is 11.7. The van der Waals surface area contributed by atoms with Gasteiger partial charge in [-0.1, -0.05) is 17.7 Å². The van der Waals surface area contributed by atoms with E-state index < -0.39 is 5.60 Å². The molecule has 0 saturated carbocycles. The maximum Gasteiger partial charge on any atom is 0.320 e. The molecule has 1 aliphatic rings. The molecule has 1 amide bonds. The van der Waals surface area contributed by atoms with E-state index in [1.165, 1.54) is 4.80 Å². The molecule has 0 bridgehead atoms. The lowest BCUT2D eigenvalue weighted by Crippen LogP contribution is -2.54. The van der Waals surface area contributed by atoms with Gasteiger partial charge in [0.1, 0.15) is 5.60 Å². The van der Waals surface area contributed by atoms with Gasteiger partial charge in [0, 0.05) is 36.8 Å². The lowest BCUT2D eigenvalue weighted by Gasteiger charge is -2.39. The third kappa shape index (κ3) is 7.36. The van der Waals surface area contributed by atoms with E-state index in [9.17, 15) is 9.59 Å². The lowest BCUT2D eigenvalue weighted by atomic mass is 10.1. The number of aryl methyl sites for hydroxylation is 1. The fraction of sp³-hybridized carbons (Fsp3) is 0.522. The number of amides is 1. The molecular formula is C23H31ClN6O3. The van der Waals surface area contributed by atoms with Gasteiger partial charge in [0.2, 0.25) is 5.91 Å². The zero-order chi connectivity index (χ0) is 24.2. The Hall–Kier alpha value is -2.78. The molecule has 1 aliphatic heterocycles. The molecule has 1 aromatic heterocycles. The number of benzene rings is 1. The third-order valence-electron chi connectivity index (χ3n) is 5.14. The van der Waals surface area contributed by atoms with Crippen LogP contribution >= 0.6 is 11.6 Å². The van der Waals surface area contributed by atoms with Crippen LogP contribution < -0.4 is 0 Å². The number of esters is 1. The lowest BCUT2D eigenvalue weighted by molar-refractivity contribution is -0.156. The molecule has 1 atom stereocenters.